The summed E-state index contributed by atoms with van der Waals surface area (Å²) in [7, 11) is 1.54. The Morgan fingerprint density at radius 2 is 2.03 bits per heavy atom. The van der Waals surface area contributed by atoms with Crippen LogP contribution in [0.5, 0.6) is 0 Å². The molecule has 7 heteroatoms. The zero-order valence-corrected chi connectivity index (χ0v) is 22.3. The number of aldehydes is 1. The highest BCUT2D eigenvalue weighted by Crippen LogP contribution is 2.31. The molecule has 1 aliphatic heterocycles. The van der Waals surface area contributed by atoms with E-state index in [9.17, 15) is 18.8 Å². The summed E-state index contributed by atoms with van der Waals surface area (Å²) in [6, 6.07) is 11.1. The fourth-order valence-electron chi connectivity index (χ4n) is 5.37. The van der Waals surface area contributed by atoms with Crippen LogP contribution in [0, 0.1) is 12.7 Å². The van der Waals surface area contributed by atoms with Gasteiger partial charge in [-0.15, -0.1) is 0 Å². The van der Waals surface area contributed by atoms with Gasteiger partial charge in [0.05, 0.1) is 0 Å². The second-order valence-corrected chi connectivity index (χ2v) is 10.0. The molecule has 6 nitrogen and oxygen atoms in total. The third kappa shape index (κ3) is 7.40. The summed E-state index contributed by atoms with van der Waals surface area (Å²) in [5.74, 6) is -0.430. The van der Waals surface area contributed by atoms with Crippen LogP contribution < -0.4 is 10.2 Å². The van der Waals surface area contributed by atoms with E-state index < -0.39 is 6.04 Å². The van der Waals surface area contributed by atoms with Crippen LogP contribution in [-0.4, -0.2) is 49.2 Å². The van der Waals surface area contributed by atoms with Crippen molar-refractivity contribution >= 4 is 24.3 Å². The van der Waals surface area contributed by atoms with Gasteiger partial charge in [0.15, 0.2) is 0 Å². The van der Waals surface area contributed by atoms with Gasteiger partial charge in [-0.25, -0.2) is 4.39 Å². The molecule has 0 aliphatic carbocycles. The molecule has 2 atom stereocenters. The van der Waals surface area contributed by atoms with Gasteiger partial charge in [0.1, 0.15) is 18.1 Å². The van der Waals surface area contributed by atoms with Crippen molar-refractivity contribution in [2.75, 3.05) is 18.5 Å². The molecule has 3 rings (SSSR count). The van der Waals surface area contributed by atoms with Crippen LogP contribution in [0.4, 0.5) is 10.1 Å². The van der Waals surface area contributed by atoms with Crippen molar-refractivity contribution in [3.8, 4) is 0 Å². The molecular formula is C30H40FN3O3. The number of anilines is 1. The van der Waals surface area contributed by atoms with E-state index in [1.807, 2.05) is 25.1 Å². The van der Waals surface area contributed by atoms with E-state index in [0.717, 1.165) is 73.7 Å². The van der Waals surface area contributed by atoms with Crippen molar-refractivity contribution < 1.29 is 18.8 Å². The number of carbonyl (C=O) groups excluding carboxylic acids is 3. The SMILES string of the molecule is CNC(=O)C(CCC=O)N(C=O)Cc1c(C)cccc1CCCCCN1c2ccc(F)cc2CCC1C. The first kappa shape index (κ1) is 28.4. The Morgan fingerprint density at radius 3 is 2.76 bits per heavy atom. The van der Waals surface area contributed by atoms with E-state index in [4.69, 9.17) is 0 Å². The van der Waals surface area contributed by atoms with Gasteiger partial charge in [-0.3, -0.25) is 9.59 Å². The molecule has 1 heterocycles. The second-order valence-electron chi connectivity index (χ2n) is 10.0. The Hall–Kier alpha value is -3.22. The van der Waals surface area contributed by atoms with Crippen LogP contribution in [-0.2, 0) is 33.8 Å². The molecular weight excluding hydrogens is 469 g/mol. The molecule has 0 saturated carbocycles. The van der Waals surface area contributed by atoms with E-state index >= 15 is 0 Å². The molecule has 2 unspecified atom stereocenters. The quantitative estimate of drug-likeness (QED) is 0.295. The first-order valence-electron chi connectivity index (χ1n) is 13.4. The Morgan fingerprint density at radius 1 is 1.22 bits per heavy atom. The van der Waals surface area contributed by atoms with E-state index in [2.05, 4.69) is 23.2 Å². The summed E-state index contributed by atoms with van der Waals surface area (Å²) < 4.78 is 13.7. The number of hydrogen-bond donors (Lipinski definition) is 1. The molecule has 2 aromatic rings. The van der Waals surface area contributed by atoms with Crippen LogP contribution in [0.1, 0.15) is 67.7 Å². The normalized spacial score (nSPS) is 15.6. The number of amides is 2. The number of rotatable bonds is 14. The zero-order valence-electron chi connectivity index (χ0n) is 22.3. The third-order valence-electron chi connectivity index (χ3n) is 7.55. The predicted octanol–water partition coefficient (Wildman–Crippen LogP) is 4.74. The number of benzene rings is 2. The maximum atomic E-state index is 13.7. The number of halogens is 1. The van der Waals surface area contributed by atoms with Crippen molar-refractivity contribution in [3.05, 3.63) is 64.5 Å². The predicted molar refractivity (Wildman–Crippen MR) is 145 cm³/mol. The summed E-state index contributed by atoms with van der Waals surface area (Å²) in [5, 5.41) is 2.61. The average Bonchev–Trinajstić information content (AvgIpc) is 2.90. The first-order chi connectivity index (χ1) is 17.9. The van der Waals surface area contributed by atoms with Crippen LogP contribution >= 0.6 is 0 Å². The van der Waals surface area contributed by atoms with E-state index in [1.54, 1.807) is 19.2 Å². The maximum Gasteiger partial charge on any atom is 0.242 e. The Bertz CT molecular complexity index is 1070. The number of aryl methyl sites for hydroxylation is 3. The molecule has 0 spiro atoms. The van der Waals surface area contributed by atoms with Crippen molar-refractivity contribution in [1.29, 1.82) is 0 Å². The van der Waals surface area contributed by atoms with Crippen LogP contribution in [0.25, 0.3) is 0 Å². The van der Waals surface area contributed by atoms with Crippen LogP contribution in [0.3, 0.4) is 0 Å². The molecule has 200 valence electrons. The average molecular weight is 510 g/mol. The topological polar surface area (TPSA) is 69.7 Å². The summed E-state index contributed by atoms with van der Waals surface area (Å²) in [4.78, 5) is 39.2. The van der Waals surface area contributed by atoms with Crippen molar-refractivity contribution in [3.63, 3.8) is 0 Å². The highest BCUT2D eigenvalue weighted by atomic mass is 19.1. The number of hydrogen-bond acceptors (Lipinski definition) is 4. The molecule has 0 saturated heterocycles. The summed E-state index contributed by atoms with van der Waals surface area (Å²) in [6.45, 7) is 5.55. The lowest BCUT2D eigenvalue weighted by Gasteiger charge is -2.37. The zero-order chi connectivity index (χ0) is 26.8. The van der Waals surface area contributed by atoms with Crippen molar-refractivity contribution in [2.45, 2.75) is 83.8 Å². The lowest BCUT2D eigenvalue weighted by Crippen LogP contribution is -2.45. The molecule has 37 heavy (non-hydrogen) atoms. The molecule has 0 aromatic heterocycles. The number of nitrogens with zero attached hydrogens (tertiary/aromatic N) is 2. The van der Waals surface area contributed by atoms with Gasteiger partial charge in [-0.1, -0.05) is 24.6 Å². The smallest absolute Gasteiger partial charge is 0.242 e. The van der Waals surface area contributed by atoms with Crippen molar-refractivity contribution in [2.24, 2.45) is 0 Å². The van der Waals surface area contributed by atoms with Crippen LogP contribution in [0.15, 0.2) is 36.4 Å². The van der Waals surface area contributed by atoms with Gasteiger partial charge >= 0.3 is 0 Å². The van der Waals surface area contributed by atoms with Crippen molar-refractivity contribution in [1.82, 2.24) is 10.2 Å². The highest BCUT2D eigenvalue weighted by Gasteiger charge is 2.25. The highest BCUT2D eigenvalue weighted by molar-refractivity contribution is 5.83. The minimum atomic E-state index is -0.678. The lowest BCUT2D eigenvalue weighted by atomic mass is 9.95. The molecule has 1 N–H and O–H groups in total. The molecule has 0 radical (unpaired) electrons. The largest absolute Gasteiger partial charge is 0.369 e. The second kappa shape index (κ2) is 13.9. The Balaban J connectivity index is 1.61. The monoisotopic (exact) mass is 509 g/mol. The fourth-order valence-corrected chi connectivity index (χ4v) is 5.37. The summed E-state index contributed by atoms with van der Waals surface area (Å²) >= 11 is 0. The number of fused-ring (bicyclic) bond motifs is 1. The fraction of sp³-hybridized carbons (Fsp3) is 0.500. The molecule has 2 amide bonds. The number of likely N-dealkylation sites (N-methyl/N-ethyl adjacent to an activating group) is 1. The van der Waals surface area contributed by atoms with Gasteiger partial charge in [0.2, 0.25) is 12.3 Å². The molecule has 1 aliphatic rings. The number of nitrogens with one attached hydrogen (secondary N) is 1. The summed E-state index contributed by atoms with van der Waals surface area (Å²) in [5.41, 5.74) is 5.60. The van der Waals surface area contributed by atoms with E-state index in [0.29, 0.717) is 25.4 Å². The molecule has 2 aromatic carbocycles. The van der Waals surface area contributed by atoms with Crippen LogP contribution in [0.2, 0.25) is 0 Å². The standard InChI is InChI=1S/C30H40FN3O3/c1-22-9-7-11-24(27(22)20-33(21-36)29(12-8-18-35)30(37)32-3)10-5-4-6-17-34-23(2)13-14-25-19-26(31)15-16-28(25)34/h7,9,11,15-16,18-19,21,23,29H,4-6,8,10,12-14,17,20H2,1-3H3,(H,32,37). The van der Waals surface area contributed by atoms with Gasteiger partial charge in [0, 0.05) is 38.3 Å². The Kier molecular flexibility index (Phi) is 10.7. The van der Waals surface area contributed by atoms with E-state index in [-0.39, 0.29) is 18.1 Å². The summed E-state index contributed by atoms with van der Waals surface area (Å²) in [6.07, 6.45) is 7.99. The molecule has 0 fully saturated rings. The van der Waals surface area contributed by atoms with Gasteiger partial charge < -0.3 is 19.9 Å². The number of carbonyl (C=O) groups is 3. The molecule has 0 bridgehead atoms. The minimum absolute atomic E-state index is 0.166. The maximum absolute atomic E-state index is 13.7. The third-order valence-corrected chi connectivity index (χ3v) is 7.55. The Labute approximate surface area is 220 Å². The van der Waals surface area contributed by atoms with Gasteiger partial charge in [-0.05, 0) is 92.8 Å². The van der Waals surface area contributed by atoms with Gasteiger partial charge in [-0.2, -0.15) is 0 Å². The van der Waals surface area contributed by atoms with E-state index in [1.165, 1.54) is 10.5 Å². The lowest BCUT2D eigenvalue weighted by molar-refractivity contribution is -0.133. The van der Waals surface area contributed by atoms with Gasteiger partial charge in [0.25, 0.3) is 0 Å². The number of unbranched alkanes of at least 4 members (excludes halogenated alkanes) is 2. The minimum Gasteiger partial charge on any atom is -0.369 e. The first-order valence-corrected chi connectivity index (χ1v) is 13.4.